The maximum absolute atomic E-state index is 12.1. The average Bonchev–Trinajstić information content (AvgIpc) is 3.13. The summed E-state index contributed by atoms with van der Waals surface area (Å²) >= 11 is 1.76. The Kier molecular flexibility index (Phi) is 7.57. The molecule has 2 aromatic carbocycles. The largest absolute Gasteiger partial charge is 0.352 e. The van der Waals surface area contributed by atoms with E-state index in [0.717, 1.165) is 48.4 Å². The Morgan fingerprint density at radius 1 is 1.11 bits per heavy atom. The Hall–Kier alpha value is -2.24. The van der Waals surface area contributed by atoms with Gasteiger partial charge in [0.2, 0.25) is 5.91 Å². The maximum atomic E-state index is 12.1. The third kappa shape index (κ3) is 6.14. The molecule has 1 amide bonds. The highest BCUT2D eigenvalue weighted by atomic mass is 32.1. The van der Waals surface area contributed by atoms with Crippen LogP contribution in [0.25, 0.3) is 10.2 Å². The molecule has 0 radical (unpaired) electrons. The number of aromatic nitrogens is 1. The van der Waals surface area contributed by atoms with E-state index in [4.69, 9.17) is 0 Å². The highest BCUT2D eigenvalue weighted by molar-refractivity contribution is 7.18. The number of carbonyl (C=O) groups excluding carboxylic acids is 1. The van der Waals surface area contributed by atoms with Crippen molar-refractivity contribution in [1.29, 1.82) is 0 Å². The van der Waals surface area contributed by atoms with Crippen molar-refractivity contribution in [2.24, 2.45) is 0 Å². The maximum Gasteiger partial charge on any atom is 0.220 e. The quantitative estimate of drug-likeness (QED) is 0.503. The summed E-state index contributed by atoms with van der Waals surface area (Å²) < 4.78 is 1.24. The normalized spacial score (nSPS) is 11.2. The molecular weight excluding hydrogens is 366 g/mol. The second-order valence-electron chi connectivity index (χ2n) is 7.21. The van der Waals surface area contributed by atoms with Gasteiger partial charge in [-0.05, 0) is 56.1 Å². The molecule has 0 spiro atoms. The van der Waals surface area contributed by atoms with Gasteiger partial charge in [0.1, 0.15) is 0 Å². The lowest BCUT2D eigenvalue weighted by Crippen LogP contribution is -2.22. The number of fused-ring (bicyclic) bond motifs is 1. The molecule has 5 heteroatoms. The topological polar surface area (TPSA) is 45.2 Å². The third-order valence-electron chi connectivity index (χ3n) is 4.86. The van der Waals surface area contributed by atoms with E-state index < -0.39 is 0 Å². The summed E-state index contributed by atoms with van der Waals surface area (Å²) in [6.07, 6.45) is 3.40. The number of thiazole rings is 1. The van der Waals surface area contributed by atoms with E-state index >= 15 is 0 Å². The number of amides is 1. The molecule has 0 fully saturated rings. The Balaban J connectivity index is 1.37. The first-order valence-electron chi connectivity index (χ1n) is 10.0. The van der Waals surface area contributed by atoms with Crippen LogP contribution >= 0.6 is 11.3 Å². The van der Waals surface area contributed by atoms with E-state index in [0.29, 0.717) is 13.0 Å². The van der Waals surface area contributed by atoms with Crippen LogP contribution < -0.4 is 5.32 Å². The second-order valence-corrected chi connectivity index (χ2v) is 8.32. The fourth-order valence-corrected chi connectivity index (χ4v) is 4.15. The number of para-hydroxylation sites is 1. The monoisotopic (exact) mass is 395 g/mol. The number of nitrogens with zero attached hydrogens (tertiary/aromatic N) is 2. The van der Waals surface area contributed by atoms with Crippen LogP contribution in [0.3, 0.4) is 0 Å². The van der Waals surface area contributed by atoms with Crippen LogP contribution in [-0.4, -0.2) is 29.4 Å². The van der Waals surface area contributed by atoms with Crippen molar-refractivity contribution in [3.63, 3.8) is 0 Å². The highest BCUT2D eigenvalue weighted by Gasteiger charge is 2.06. The van der Waals surface area contributed by atoms with E-state index in [1.54, 1.807) is 11.3 Å². The van der Waals surface area contributed by atoms with Gasteiger partial charge in [-0.25, -0.2) is 4.98 Å². The number of hydrogen-bond donors (Lipinski definition) is 1. The molecule has 148 valence electrons. The molecule has 0 unspecified atom stereocenters. The number of benzene rings is 2. The summed E-state index contributed by atoms with van der Waals surface area (Å²) in [7, 11) is 2.11. The first kappa shape index (κ1) is 20.5. The Morgan fingerprint density at radius 3 is 2.75 bits per heavy atom. The number of rotatable bonds is 10. The molecule has 1 heterocycles. The highest BCUT2D eigenvalue weighted by Crippen LogP contribution is 2.22. The lowest BCUT2D eigenvalue weighted by Gasteiger charge is -2.14. The van der Waals surface area contributed by atoms with Crippen molar-refractivity contribution < 1.29 is 4.79 Å². The molecule has 0 bridgehead atoms. The lowest BCUT2D eigenvalue weighted by molar-refractivity contribution is -0.121. The van der Waals surface area contributed by atoms with E-state index in [9.17, 15) is 4.79 Å². The smallest absolute Gasteiger partial charge is 0.220 e. The molecule has 3 aromatic rings. The SMILES string of the molecule is CCN(C)Cc1cccc(CNC(=O)CCCCc2nc3ccccc3s2)c1. The molecule has 0 aliphatic heterocycles. The predicted octanol–water partition coefficient (Wildman–Crippen LogP) is 4.78. The number of nitrogens with one attached hydrogen (secondary N) is 1. The lowest BCUT2D eigenvalue weighted by atomic mass is 10.1. The number of carbonyl (C=O) groups is 1. The van der Waals surface area contributed by atoms with Crippen LogP contribution in [0.5, 0.6) is 0 Å². The standard InChI is InChI=1S/C23H29N3OS/c1-3-26(2)17-19-10-8-9-18(15-19)16-24-22(27)13-6-7-14-23-25-20-11-4-5-12-21(20)28-23/h4-5,8-12,15H,3,6-7,13-14,16-17H2,1-2H3,(H,24,27). The Bertz CT molecular complexity index is 873. The van der Waals surface area contributed by atoms with Crippen molar-refractivity contribution >= 4 is 27.5 Å². The van der Waals surface area contributed by atoms with Crippen molar-refractivity contribution in [2.45, 2.75) is 45.7 Å². The van der Waals surface area contributed by atoms with Gasteiger partial charge in [0.05, 0.1) is 15.2 Å². The van der Waals surface area contributed by atoms with Crippen LogP contribution in [0.1, 0.15) is 42.3 Å². The number of aryl methyl sites for hydroxylation is 1. The van der Waals surface area contributed by atoms with Gasteiger partial charge >= 0.3 is 0 Å². The molecule has 28 heavy (non-hydrogen) atoms. The summed E-state index contributed by atoms with van der Waals surface area (Å²) in [5.41, 5.74) is 3.52. The van der Waals surface area contributed by atoms with Gasteiger partial charge in [0, 0.05) is 19.5 Å². The molecule has 0 aliphatic carbocycles. The van der Waals surface area contributed by atoms with Gasteiger partial charge in [-0.2, -0.15) is 0 Å². The van der Waals surface area contributed by atoms with E-state index in [2.05, 4.69) is 65.6 Å². The zero-order valence-corrected chi connectivity index (χ0v) is 17.6. The van der Waals surface area contributed by atoms with E-state index in [1.807, 2.05) is 12.1 Å². The summed E-state index contributed by atoms with van der Waals surface area (Å²) in [6, 6.07) is 16.7. The summed E-state index contributed by atoms with van der Waals surface area (Å²) in [4.78, 5) is 19.1. The first-order chi connectivity index (χ1) is 13.6. The van der Waals surface area contributed by atoms with Gasteiger partial charge in [0.25, 0.3) is 0 Å². The van der Waals surface area contributed by atoms with Gasteiger partial charge in [-0.1, -0.05) is 43.3 Å². The summed E-state index contributed by atoms with van der Waals surface area (Å²) in [6.45, 7) is 4.71. The zero-order valence-electron chi connectivity index (χ0n) is 16.8. The molecule has 0 saturated heterocycles. The third-order valence-corrected chi connectivity index (χ3v) is 5.95. The van der Waals surface area contributed by atoms with E-state index in [1.165, 1.54) is 10.3 Å². The van der Waals surface area contributed by atoms with Gasteiger partial charge in [-0.3, -0.25) is 4.79 Å². The van der Waals surface area contributed by atoms with Crippen LogP contribution in [0.4, 0.5) is 0 Å². The molecule has 1 N–H and O–H groups in total. The van der Waals surface area contributed by atoms with E-state index in [-0.39, 0.29) is 5.91 Å². The number of hydrogen-bond acceptors (Lipinski definition) is 4. The minimum absolute atomic E-state index is 0.125. The molecule has 1 aromatic heterocycles. The fraction of sp³-hybridized carbons (Fsp3) is 0.391. The fourth-order valence-electron chi connectivity index (χ4n) is 3.14. The van der Waals surface area contributed by atoms with Crippen LogP contribution in [0.15, 0.2) is 48.5 Å². The average molecular weight is 396 g/mol. The Labute approximate surface area is 171 Å². The predicted molar refractivity (Wildman–Crippen MR) is 117 cm³/mol. The van der Waals surface area contributed by atoms with Gasteiger partial charge in [-0.15, -0.1) is 11.3 Å². The number of unbranched alkanes of at least 4 members (excludes halogenated alkanes) is 1. The Morgan fingerprint density at radius 2 is 1.93 bits per heavy atom. The van der Waals surface area contributed by atoms with Crippen molar-refractivity contribution in [3.05, 3.63) is 64.7 Å². The second kappa shape index (κ2) is 10.3. The summed E-state index contributed by atoms with van der Waals surface area (Å²) in [5, 5.41) is 4.21. The molecule has 0 aliphatic rings. The van der Waals surface area contributed by atoms with Gasteiger partial charge in [0.15, 0.2) is 0 Å². The minimum atomic E-state index is 0.125. The zero-order chi connectivity index (χ0) is 19.8. The molecule has 0 atom stereocenters. The van der Waals surface area contributed by atoms with Crippen molar-refractivity contribution in [2.75, 3.05) is 13.6 Å². The van der Waals surface area contributed by atoms with Crippen molar-refractivity contribution in [1.82, 2.24) is 15.2 Å². The molecule has 0 saturated carbocycles. The first-order valence-corrected chi connectivity index (χ1v) is 10.8. The van der Waals surface area contributed by atoms with Gasteiger partial charge < -0.3 is 10.2 Å². The minimum Gasteiger partial charge on any atom is -0.352 e. The van der Waals surface area contributed by atoms with Crippen molar-refractivity contribution in [3.8, 4) is 0 Å². The molecule has 3 rings (SSSR count). The van der Waals surface area contributed by atoms with Crippen LogP contribution in [0, 0.1) is 0 Å². The summed E-state index contributed by atoms with van der Waals surface area (Å²) in [5.74, 6) is 0.125. The van der Waals surface area contributed by atoms with Crippen LogP contribution in [0.2, 0.25) is 0 Å². The molecular formula is C23H29N3OS. The molecule has 4 nitrogen and oxygen atoms in total. The van der Waals surface area contributed by atoms with Crippen LogP contribution in [-0.2, 0) is 24.3 Å².